The second kappa shape index (κ2) is 9.61. The van der Waals surface area contributed by atoms with Crippen molar-refractivity contribution in [3.8, 4) is 11.5 Å². The van der Waals surface area contributed by atoms with E-state index < -0.39 is 6.04 Å². The quantitative estimate of drug-likeness (QED) is 0.550. The molecule has 0 saturated heterocycles. The van der Waals surface area contributed by atoms with Crippen molar-refractivity contribution in [3.05, 3.63) is 64.9 Å². The molecule has 0 spiro atoms. The first-order chi connectivity index (χ1) is 15.4. The van der Waals surface area contributed by atoms with Crippen LogP contribution in [0.25, 0.3) is 0 Å². The largest absolute Gasteiger partial charge is 0.493 e. The maximum atomic E-state index is 13.3. The van der Waals surface area contributed by atoms with Crippen LogP contribution in [0.1, 0.15) is 49.8 Å². The number of carbonyl (C=O) groups excluding carboxylic acids is 1. The van der Waals surface area contributed by atoms with Crippen molar-refractivity contribution in [2.24, 2.45) is 0 Å². The fourth-order valence-electron chi connectivity index (χ4n) is 4.31. The topological polar surface area (TPSA) is 71.6 Å². The summed E-state index contributed by atoms with van der Waals surface area (Å²) in [4.78, 5) is 13.3. The summed E-state index contributed by atoms with van der Waals surface area (Å²) in [5.74, 6) is 1.19. The lowest BCUT2D eigenvalue weighted by molar-refractivity contribution is -0.113. The SMILES string of the molecule is COc1cc(C2NC(=S)NC(C)=C2C(=O)Nc2cccc(C)c2)ccc1OC1CCCC1. The highest BCUT2D eigenvalue weighted by Gasteiger charge is 2.31. The Bertz CT molecular complexity index is 1060. The standard InChI is InChI=1S/C25H29N3O3S/c1-15-7-6-8-18(13-15)27-24(29)22-16(2)26-25(32)28-23(22)17-11-12-20(21(14-17)30-3)31-19-9-4-5-10-19/h6-8,11-14,19,23H,4-5,9-10H2,1-3H3,(H,27,29)(H2,26,28,32). The van der Waals surface area contributed by atoms with Crippen LogP contribution in [0.15, 0.2) is 53.7 Å². The number of hydrogen-bond acceptors (Lipinski definition) is 4. The third kappa shape index (κ3) is 4.88. The zero-order chi connectivity index (χ0) is 22.7. The minimum atomic E-state index is -0.414. The Morgan fingerprint density at radius 2 is 1.88 bits per heavy atom. The molecule has 1 amide bonds. The fraction of sp³-hybridized carbons (Fsp3) is 0.360. The first kappa shape index (κ1) is 22.1. The van der Waals surface area contributed by atoms with Crippen molar-refractivity contribution < 1.29 is 14.3 Å². The Kier molecular flexibility index (Phi) is 6.65. The molecule has 3 N–H and O–H groups in total. The van der Waals surface area contributed by atoms with Gasteiger partial charge in [0.25, 0.3) is 5.91 Å². The Morgan fingerprint density at radius 1 is 1.09 bits per heavy atom. The summed E-state index contributed by atoms with van der Waals surface area (Å²) in [6.07, 6.45) is 4.77. The molecule has 1 unspecified atom stereocenters. The molecule has 0 aromatic heterocycles. The number of carbonyl (C=O) groups is 1. The van der Waals surface area contributed by atoms with E-state index in [2.05, 4.69) is 16.0 Å². The molecule has 2 aromatic rings. The van der Waals surface area contributed by atoms with Crippen molar-refractivity contribution in [2.75, 3.05) is 12.4 Å². The molecule has 1 atom stereocenters. The van der Waals surface area contributed by atoms with E-state index in [1.54, 1.807) is 7.11 Å². The summed E-state index contributed by atoms with van der Waals surface area (Å²) in [5, 5.41) is 9.81. The molecule has 1 heterocycles. The molecule has 4 rings (SSSR count). The molecule has 7 heteroatoms. The van der Waals surface area contributed by atoms with E-state index in [-0.39, 0.29) is 12.0 Å². The number of anilines is 1. The zero-order valence-electron chi connectivity index (χ0n) is 18.7. The number of benzene rings is 2. The molecule has 0 radical (unpaired) electrons. The highest BCUT2D eigenvalue weighted by atomic mass is 32.1. The average Bonchev–Trinajstić information content (AvgIpc) is 3.26. The highest BCUT2D eigenvalue weighted by molar-refractivity contribution is 7.80. The third-order valence-electron chi connectivity index (χ3n) is 5.91. The maximum absolute atomic E-state index is 13.3. The second-order valence-electron chi connectivity index (χ2n) is 8.33. The predicted octanol–water partition coefficient (Wildman–Crippen LogP) is 4.76. The van der Waals surface area contributed by atoms with E-state index in [0.717, 1.165) is 35.4 Å². The van der Waals surface area contributed by atoms with Crippen LogP contribution in [0.5, 0.6) is 11.5 Å². The minimum Gasteiger partial charge on any atom is -0.493 e. The van der Waals surface area contributed by atoms with Gasteiger partial charge in [-0.05, 0) is 87.1 Å². The number of aryl methyl sites for hydroxylation is 1. The number of ether oxygens (including phenoxy) is 2. The van der Waals surface area contributed by atoms with Crippen molar-refractivity contribution in [1.29, 1.82) is 0 Å². The summed E-state index contributed by atoms with van der Waals surface area (Å²) >= 11 is 5.38. The van der Waals surface area contributed by atoms with Crippen LogP contribution in [0.2, 0.25) is 0 Å². The van der Waals surface area contributed by atoms with Crippen molar-refractivity contribution in [3.63, 3.8) is 0 Å². The first-order valence-electron chi connectivity index (χ1n) is 11.0. The van der Waals surface area contributed by atoms with Gasteiger partial charge in [0.1, 0.15) is 0 Å². The molecular formula is C25H29N3O3S. The van der Waals surface area contributed by atoms with Gasteiger partial charge in [0.15, 0.2) is 16.6 Å². The maximum Gasteiger partial charge on any atom is 0.255 e. The number of methoxy groups -OCH3 is 1. The van der Waals surface area contributed by atoms with Gasteiger partial charge in [-0.15, -0.1) is 0 Å². The van der Waals surface area contributed by atoms with Gasteiger partial charge in [-0.25, -0.2) is 0 Å². The van der Waals surface area contributed by atoms with Gasteiger partial charge in [-0.2, -0.15) is 0 Å². The number of thiocarbonyl (C=S) groups is 1. The number of nitrogens with one attached hydrogen (secondary N) is 3. The van der Waals surface area contributed by atoms with Gasteiger partial charge in [0, 0.05) is 11.4 Å². The second-order valence-corrected chi connectivity index (χ2v) is 8.74. The van der Waals surface area contributed by atoms with E-state index in [1.807, 2.05) is 56.3 Å². The molecule has 2 aromatic carbocycles. The molecule has 168 valence electrons. The van der Waals surface area contributed by atoms with Crippen LogP contribution in [0.3, 0.4) is 0 Å². The molecule has 1 fully saturated rings. The Hall–Kier alpha value is -3.06. The molecule has 2 aliphatic rings. The zero-order valence-corrected chi connectivity index (χ0v) is 19.5. The van der Waals surface area contributed by atoms with Crippen molar-refractivity contribution in [2.45, 2.75) is 51.7 Å². The average molecular weight is 452 g/mol. The van der Waals surface area contributed by atoms with E-state index in [4.69, 9.17) is 21.7 Å². The lowest BCUT2D eigenvalue weighted by Crippen LogP contribution is -2.45. The Morgan fingerprint density at radius 3 is 2.59 bits per heavy atom. The van der Waals surface area contributed by atoms with Gasteiger partial charge in [-0.1, -0.05) is 18.2 Å². The molecular weight excluding hydrogens is 422 g/mol. The van der Waals surface area contributed by atoms with E-state index in [1.165, 1.54) is 12.8 Å². The minimum absolute atomic E-state index is 0.189. The molecule has 1 aliphatic carbocycles. The Labute approximate surface area is 194 Å². The summed E-state index contributed by atoms with van der Waals surface area (Å²) in [6.45, 7) is 3.85. The first-order valence-corrected chi connectivity index (χ1v) is 11.4. The van der Waals surface area contributed by atoms with Gasteiger partial charge < -0.3 is 25.4 Å². The number of amides is 1. The summed E-state index contributed by atoms with van der Waals surface area (Å²) in [5.41, 5.74) is 3.99. The normalized spacial score (nSPS) is 18.7. The lowest BCUT2D eigenvalue weighted by Gasteiger charge is -2.31. The van der Waals surface area contributed by atoms with Crippen LogP contribution < -0.4 is 25.4 Å². The molecule has 32 heavy (non-hydrogen) atoms. The Balaban J connectivity index is 1.63. The molecule has 1 saturated carbocycles. The van der Waals surface area contributed by atoms with Crippen LogP contribution in [-0.2, 0) is 4.79 Å². The van der Waals surface area contributed by atoms with Crippen LogP contribution in [-0.4, -0.2) is 24.2 Å². The fourth-order valence-corrected chi connectivity index (χ4v) is 4.58. The monoisotopic (exact) mass is 451 g/mol. The summed E-state index contributed by atoms with van der Waals surface area (Å²) in [7, 11) is 1.63. The third-order valence-corrected chi connectivity index (χ3v) is 6.13. The summed E-state index contributed by atoms with van der Waals surface area (Å²) < 4.78 is 11.8. The number of rotatable bonds is 6. The number of allylic oxidation sites excluding steroid dienone is 1. The summed E-state index contributed by atoms with van der Waals surface area (Å²) in [6, 6.07) is 13.1. The van der Waals surface area contributed by atoms with Gasteiger partial charge in [0.2, 0.25) is 0 Å². The highest BCUT2D eigenvalue weighted by Crippen LogP contribution is 2.36. The van der Waals surface area contributed by atoms with Gasteiger partial charge >= 0.3 is 0 Å². The van der Waals surface area contributed by atoms with Crippen molar-refractivity contribution >= 4 is 28.9 Å². The van der Waals surface area contributed by atoms with Crippen LogP contribution in [0.4, 0.5) is 5.69 Å². The van der Waals surface area contributed by atoms with E-state index >= 15 is 0 Å². The predicted molar refractivity (Wildman–Crippen MR) is 130 cm³/mol. The van der Waals surface area contributed by atoms with Crippen molar-refractivity contribution in [1.82, 2.24) is 10.6 Å². The molecule has 6 nitrogen and oxygen atoms in total. The molecule has 1 aliphatic heterocycles. The molecule has 0 bridgehead atoms. The van der Waals surface area contributed by atoms with E-state index in [9.17, 15) is 4.79 Å². The number of hydrogen-bond donors (Lipinski definition) is 3. The smallest absolute Gasteiger partial charge is 0.255 e. The van der Waals surface area contributed by atoms with Crippen LogP contribution >= 0.6 is 12.2 Å². The van der Waals surface area contributed by atoms with Gasteiger partial charge in [0.05, 0.1) is 24.8 Å². The van der Waals surface area contributed by atoms with Gasteiger partial charge in [-0.3, -0.25) is 4.79 Å². The van der Waals surface area contributed by atoms with Crippen LogP contribution in [0, 0.1) is 6.92 Å². The lowest BCUT2D eigenvalue weighted by atomic mass is 9.94. The van der Waals surface area contributed by atoms with E-state index in [0.29, 0.717) is 22.1 Å².